The Bertz CT molecular complexity index is 279. The van der Waals surface area contributed by atoms with E-state index in [9.17, 15) is 0 Å². The first-order valence-electron chi connectivity index (χ1n) is 9.40. The van der Waals surface area contributed by atoms with E-state index in [4.69, 9.17) is 0 Å². The zero-order valence-corrected chi connectivity index (χ0v) is 16.7. The molecule has 0 aromatic carbocycles. The van der Waals surface area contributed by atoms with E-state index in [0.29, 0.717) is 10.8 Å². The summed E-state index contributed by atoms with van der Waals surface area (Å²) in [6.45, 7) is 16.6. The van der Waals surface area contributed by atoms with Gasteiger partial charge >= 0.3 is 0 Å². The number of nitrogens with zero attached hydrogens (tertiary/aromatic N) is 2. The molecule has 0 spiro atoms. The van der Waals surface area contributed by atoms with Crippen LogP contribution in [0.2, 0.25) is 0 Å². The first-order chi connectivity index (χ1) is 9.99. The number of rotatable bonds is 6. The van der Waals surface area contributed by atoms with Gasteiger partial charge in [-0.3, -0.25) is 0 Å². The van der Waals surface area contributed by atoms with Gasteiger partial charge in [0.1, 0.15) is 0 Å². The van der Waals surface area contributed by atoms with Crippen molar-refractivity contribution in [3.63, 3.8) is 0 Å². The van der Waals surface area contributed by atoms with Crippen LogP contribution in [0, 0.1) is 10.8 Å². The summed E-state index contributed by atoms with van der Waals surface area (Å²) in [6.07, 6.45) is 8.16. The Balaban J connectivity index is 2.58. The minimum Gasteiger partial charge on any atom is -0.302 e. The molecule has 0 bridgehead atoms. The third kappa shape index (κ3) is 7.46. The van der Waals surface area contributed by atoms with Crippen LogP contribution in [0.25, 0.3) is 0 Å². The van der Waals surface area contributed by atoms with Crippen LogP contribution in [0.4, 0.5) is 0 Å². The molecule has 1 aliphatic rings. The monoisotopic (exact) mass is 310 g/mol. The molecule has 1 rings (SSSR count). The van der Waals surface area contributed by atoms with Crippen molar-refractivity contribution in [3.05, 3.63) is 0 Å². The van der Waals surface area contributed by atoms with E-state index in [1.807, 2.05) is 0 Å². The Morgan fingerprint density at radius 1 is 0.682 bits per heavy atom. The highest BCUT2D eigenvalue weighted by Crippen LogP contribution is 2.29. The summed E-state index contributed by atoms with van der Waals surface area (Å²) >= 11 is 0. The summed E-state index contributed by atoms with van der Waals surface area (Å²) in [4.78, 5) is 5.31. The summed E-state index contributed by atoms with van der Waals surface area (Å²) < 4.78 is 0. The van der Waals surface area contributed by atoms with Crippen molar-refractivity contribution in [2.45, 2.75) is 92.2 Å². The molecule has 1 aliphatic carbocycles. The molecule has 22 heavy (non-hydrogen) atoms. The minimum absolute atomic E-state index is 0.441. The van der Waals surface area contributed by atoms with E-state index >= 15 is 0 Å². The molecule has 132 valence electrons. The molecular formula is C20H42N2. The fraction of sp³-hybridized carbons (Fsp3) is 1.00. The van der Waals surface area contributed by atoms with Gasteiger partial charge in [-0.25, -0.2) is 0 Å². The van der Waals surface area contributed by atoms with Gasteiger partial charge in [0.2, 0.25) is 0 Å². The van der Waals surface area contributed by atoms with E-state index in [1.165, 1.54) is 51.6 Å². The quantitative estimate of drug-likeness (QED) is 0.678. The molecule has 0 aliphatic heterocycles. The molecule has 0 N–H and O–H groups in total. The van der Waals surface area contributed by atoms with Crippen molar-refractivity contribution in [1.29, 1.82) is 0 Å². The summed E-state index contributed by atoms with van der Waals surface area (Å²) in [5.74, 6) is 0. The molecule has 0 aromatic rings. The maximum atomic E-state index is 2.66. The standard InChI is InChI=1S/C20H42N2/c1-19(2,3)13-15-21(7)17-11-9-10-12-18(17)22(8)16-14-20(4,5)6/h17-18H,9-16H2,1-8H3. The summed E-state index contributed by atoms with van der Waals surface area (Å²) in [5, 5.41) is 0. The lowest BCUT2D eigenvalue weighted by molar-refractivity contribution is 0.0655. The van der Waals surface area contributed by atoms with E-state index in [1.54, 1.807) is 0 Å². The van der Waals surface area contributed by atoms with Gasteiger partial charge in [0.05, 0.1) is 0 Å². The zero-order chi connectivity index (χ0) is 17.0. The van der Waals surface area contributed by atoms with Crippen LogP contribution in [0.5, 0.6) is 0 Å². The van der Waals surface area contributed by atoms with Crippen LogP contribution in [-0.4, -0.2) is 49.1 Å². The molecule has 2 nitrogen and oxygen atoms in total. The Labute approximate surface area is 140 Å². The van der Waals surface area contributed by atoms with Crippen molar-refractivity contribution in [3.8, 4) is 0 Å². The summed E-state index contributed by atoms with van der Waals surface area (Å²) in [6, 6.07) is 1.50. The highest BCUT2D eigenvalue weighted by Gasteiger charge is 2.31. The maximum Gasteiger partial charge on any atom is 0.0248 e. The predicted octanol–water partition coefficient (Wildman–Crippen LogP) is 5.03. The average Bonchev–Trinajstić information content (AvgIpc) is 2.40. The molecule has 2 heteroatoms. The lowest BCUT2D eigenvalue weighted by Gasteiger charge is -2.43. The fourth-order valence-corrected chi connectivity index (χ4v) is 3.48. The molecule has 0 amide bonds. The van der Waals surface area contributed by atoms with Crippen molar-refractivity contribution in [2.24, 2.45) is 10.8 Å². The van der Waals surface area contributed by atoms with Crippen LogP contribution in [0.15, 0.2) is 0 Å². The first-order valence-corrected chi connectivity index (χ1v) is 9.40. The van der Waals surface area contributed by atoms with E-state index < -0.39 is 0 Å². The summed E-state index contributed by atoms with van der Waals surface area (Å²) in [7, 11) is 4.71. The van der Waals surface area contributed by atoms with Crippen molar-refractivity contribution in [1.82, 2.24) is 9.80 Å². The van der Waals surface area contributed by atoms with E-state index in [-0.39, 0.29) is 0 Å². The third-order valence-corrected chi connectivity index (χ3v) is 5.26. The molecule has 2 unspecified atom stereocenters. The zero-order valence-electron chi connectivity index (χ0n) is 16.7. The molecule has 0 heterocycles. The molecule has 1 fully saturated rings. The lowest BCUT2D eigenvalue weighted by atomic mass is 9.86. The Morgan fingerprint density at radius 2 is 1.00 bits per heavy atom. The van der Waals surface area contributed by atoms with Gasteiger partial charge in [0.15, 0.2) is 0 Å². The van der Waals surface area contributed by atoms with Gasteiger partial charge in [0, 0.05) is 12.1 Å². The maximum absolute atomic E-state index is 2.66. The second-order valence-electron chi connectivity index (χ2n) is 10.0. The molecule has 0 saturated heterocycles. The minimum atomic E-state index is 0.441. The number of hydrogen-bond acceptors (Lipinski definition) is 2. The van der Waals surface area contributed by atoms with Gasteiger partial charge in [-0.05, 0) is 63.7 Å². The van der Waals surface area contributed by atoms with Crippen LogP contribution in [-0.2, 0) is 0 Å². The molecule has 0 radical (unpaired) electrons. The van der Waals surface area contributed by atoms with Crippen LogP contribution >= 0.6 is 0 Å². The van der Waals surface area contributed by atoms with Crippen LogP contribution < -0.4 is 0 Å². The molecule has 0 aromatic heterocycles. The number of hydrogen-bond donors (Lipinski definition) is 0. The Morgan fingerprint density at radius 3 is 1.27 bits per heavy atom. The summed E-state index contributed by atoms with van der Waals surface area (Å²) in [5.41, 5.74) is 0.882. The fourth-order valence-electron chi connectivity index (χ4n) is 3.48. The lowest BCUT2D eigenvalue weighted by Crippen LogP contribution is -2.52. The van der Waals surface area contributed by atoms with Crippen molar-refractivity contribution < 1.29 is 0 Å². The van der Waals surface area contributed by atoms with E-state index in [0.717, 1.165) is 12.1 Å². The highest BCUT2D eigenvalue weighted by atomic mass is 15.2. The molecule has 2 atom stereocenters. The first kappa shape index (κ1) is 20.0. The topological polar surface area (TPSA) is 6.48 Å². The Kier molecular flexibility index (Phi) is 7.39. The average molecular weight is 311 g/mol. The highest BCUT2D eigenvalue weighted by molar-refractivity contribution is 4.88. The molecule has 1 saturated carbocycles. The molecular weight excluding hydrogens is 268 g/mol. The Hall–Kier alpha value is -0.0800. The van der Waals surface area contributed by atoms with Crippen LogP contribution in [0.1, 0.15) is 80.1 Å². The van der Waals surface area contributed by atoms with Crippen molar-refractivity contribution >= 4 is 0 Å². The second-order valence-corrected chi connectivity index (χ2v) is 10.0. The SMILES string of the molecule is CN(CCC(C)(C)C)C1CCCCC1N(C)CCC(C)(C)C. The van der Waals surface area contributed by atoms with E-state index in [2.05, 4.69) is 65.4 Å². The van der Waals surface area contributed by atoms with Crippen molar-refractivity contribution in [2.75, 3.05) is 27.2 Å². The largest absolute Gasteiger partial charge is 0.302 e. The second kappa shape index (κ2) is 8.15. The smallest absolute Gasteiger partial charge is 0.0248 e. The normalized spacial score (nSPS) is 24.3. The van der Waals surface area contributed by atoms with Gasteiger partial charge < -0.3 is 9.80 Å². The van der Waals surface area contributed by atoms with Crippen LogP contribution in [0.3, 0.4) is 0 Å². The predicted molar refractivity (Wildman–Crippen MR) is 99.4 cm³/mol. The number of likely N-dealkylation sites (N-methyl/N-ethyl adjacent to an activating group) is 2. The van der Waals surface area contributed by atoms with Gasteiger partial charge in [-0.15, -0.1) is 0 Å². The van der Waals surface area contributed by atoms with Gasteiger partial charge in [-0.2, -0.15) is 0 Å². The third-order valence-electron chi connectivity index (χ3n) is 5.26. The van der Waals surface area contributed by atoms with Gasteiger partial charge in [-0.1, -0.05) is 54.4 Å². The van der Waals surface area contributed by atoms with Gasteiger partial charge in [0.25, 0.3) is 0 Å².